The molecule has 0 fully saturated rings. The smallest absolute Gasteiger partial charge is 0.322 e. The molecule has 0 radical (unpaired) electrons. The zero-order valence-corrected chi connectivity index (χ0v) is 12.1. The van der Waals surface area contributed by atoms with Gasteiger partial charge in [-0.2, -0.15) is 0 Å². The lowest BCUT2D eigenvalue weighted by molar-refractivity contribution is -0.138. The van der Waals surface area contributed by atoms with Crippen LogP contribution in [0.1, 0.15) is 18.1 Å². The lowest BCUT2D eigenvalue weighted by Crippen LogP contribution is -2.48. The molecule has 1 atom stereocenters. The van der Waals surface area contributed by atoms with Crippen LogP contribution in [0.3, 0.4) is 0 Å². The molecule has 0 saturated carbocycles. The van der Waals surface area contributed by atoms with Gasteiger partial charge >= 0.3 is 5.97 Å². The summed E-state index contributed by atoms with van der Waals surface area (Å²) >= 11 is 0. The van der Waals surface area contributed by atoms with Crippen molar-refractivity contribution in [3.05, 3.63) is 35.4 Å². The Balaban J connectivity index is 2.79. The van der Waals surface area contributed by atoms with Gasteiger partial charge in [-0.1, -0.05) is 24.3 Å². The van der Waals surface area contributed by atoms with E-state index in [9.17, 15) is 14.4 Å². The molecule has 2 amide bonds. The second kappa shape index (κ2) is 7.77. The van der Waals surface area contributed by atoms with Crippen molar-refractivity contribution in [3.63, 3.8) is 0 Å². The molecule has 0 aromatic heterocycles. The van der Waals surface area contributed by atoms with E-state index in [2.05, 4.69) is 10.6 Å². The van der Waals surface area contributed by atoms with Gasteiger partial charge in [0, 0.05) is 18.9 Å². The molecule has 1 aromatic carbocycles. The highest BCUT2D eigenvalue weighted by Crippen LogP contribution is 2.07. The molecular formula is C14H18N4O4. The van der Waals surface area contributed by atoms with E-state index in [4.69, 9.17) is 16.2 Å². The second-order valence-corrected chi connectivity index (χ2v) is 4.68. The molecular weight excluding hydrogens is 288 g/mol. The van der Waals surface area contributed by atoms with E-state index in [1.807, 2.05) is 0 Å². The number of amidine groups is 1. The maximum Gasteiger partial charge on any atom is 0.322 e. The fourth-order valence-electron chi connectivity index (χ4n) is 1.80. The summed E-state index contributed by atoms with van der Waals surface area (Å²) in [6.07, 6.45) is 0.198. The summed E-state index contributed by atoms with van der Waals surface area (Å²) in [4.78, 5) is 33.6. The quantitative estimate of drug-likeness (QED) is 0.331. The van der Waals surface area contributed by atoms with Crippen molar-refractivity contribution in [3.8, 4) is 0 Å². The number of nitrogens with two attached hydrogens (primary N) is 1. The van der Waals surface area contributed by atoms with Crippen LogP contribution in [0.5, 0.6) is 0 Å². The van der Waals surface area contributed by atoms with E-state index >= 15 is 0 Å². The predicted octanol–water partition coefficient (Wildman–Crippen LogP) is -0.781. The number of amides is 2. The van der Waals surface area contributed by atoms with E-state index in [1.54, 1.807) is 24.3 Å². The van der Waals surface area contributed by atoms with Crippen molar-refractivity contribution in [1.29, 1.82) is 5.41 Å². The summed E-state index contributed by atoms with van der Waals surface area (Å²) < 4.78 is 0. The van der Waals surface area contributed by atoms with Crippen LogP contribution >= 0.6 is 0 Å². The molecule has 0 bridgehead atoms. The SMILES string of the molecule is CC(=O)NC(Cc1ccc(C(=N)N)cc1)C(=O)NCC(=O)O. The first kappa shape index (κ1) is 17.2. The summed E-state index contributed by atoms with van der Waals surface area (Å²) in [5, 5.41) is 20.6. The fourth-order valence-corrected chi connectivity index (χ4v) is 1.80. The Labute approximate surface area is 127 Å². The van der Waals surface area contributed by atoms with Gasteiger partial charge in [0.05, 0.1) is 0 Å². The average Bonchev–Trinajstić information content (AvgIpc) is 2.44. The van der Waals surface area contributed by atoms with E-state index in [0.29, 0.717) is 5.56 Å². The van der Waals surface area contributed by atoms with E-state index in [-0.39, 0.29) is 12.3 Å². The summed E-state index contributed by atoms with van der Waals surface area (Å²) in [5.74, 6) is -2.20. The molecule has 118 valence electrons. The fraction of sp³-hybridized carbons (Fsp3) is 0.286. The van der Waals surface area contributed by atoms with Gasteiger partial charge in [-0.3, -0.25) is 19.8 Å². The Bertz CT molecular complexity index is 583. The highest BCUT2D eigenvalue weighted by Gasteiger charge is 2.20. The third kappa shape index (κ3) is 5.61. The first-order chi connectivity index (χ1) is 10.3. The van der Waals surface area contributed by atoms with Gasteiger partial charge < -0.3 is 21.5 Å². The Kier molecular flexibility index (Phi) is 6.06. The number of carboxylic acid groups (broad SMARTS) is 1. The monoisotopic (exact) mass is 306 g/mol. The minimum Gasteiger partial charge on any atom is -0.480 e. The van der Waals surface area contributed by atoms with Gasteiger partial charge in [0.2, 0.25) is 11.8 Å². The molecule has 1 rings (SSSR count). The third-order valence-electron chi connectivity index (χ3n) is 2.81. The zero-order valence-electron chi connectivity index (χ0n) is 12.1. The van der Waals surface area contributed by atoms with Crippen molar-refractivity contribution in [2.45, 2.75) is 19.4 Å². The van der Waals surface area contributed by atoms with Crippen molar-refractivity contribution < 1.29 is 19.5 Å². The van der Waals surface area contributed by atoms with Crippen molar-refractivity contribution in [2.24, 2.45) is 5.73 Å². The molecule has 0 aliphatic heterocycles. The number of nitrogen functional groups attached to an aromatic ring is 1. The van der Waals surface area contributed by atoms with E-state index in [1.165, 1.54) is 6.92 Å². The average molecular weight is 306 g/mol. The minimum absolute atomic E-state index is 0.0656. The van der Waals surface area contributed by atoms with Crippen LogP contribution < -0.4 is 16.4 Å². The standard InChI is InChI=1S/C14H18N4O4/c1-8(19)18-11(14(22)17-7-12(20)21)6-9-2-4-10(5-3-9)13(15)16/h2-5,11H,6-7H2,1H3,(H3,15,16)(H,17,22)(H,18,19)(H,20,21). The van der Waals surface area contributed by atoms with Crippen molar-refractivity contribution >= 4 is 23.6 Å². The summed E-state index contributed by atoms with van der Waals surface area (Å²) in [5.41, 5.74) is 6.65. The number of carbonyl (C=O) groups is 3. The lowest BCUT2D eigenvalue weighted by atomic mass is 10.0. The first-order valence-electron chi connectivity index (χ1n) is 6.49. The van der Waals surface area contributed by atoms with Gasteiger partial charge in [-0.25, -0.2) is 0 Å². The van der Waals surface area contributed by atoms with E-state index < -0.39 is 30.4 Å². The topological polar surface area (TPSA) is 145 Å². The second-order valence-electron chi connectivity index (χ2n) is 4.68. The molecule has 6 N–H and O–H groups in total. The van der Waals surface area contributed by atoms with Gasteiger partial charge in [0.1, 0.15) is 18.4 Å². The molecule has 8 heteroatoms. The van der Waals surface area contributed by atoms with Crippen LogP contribution in [0, 0.1) is 5.41 Å². The number of nitrogens with one attached hydrogen (secondary N) is 3. The van der Waals surface area contributed by atoms with E-state index in [0.717, 1.165) is 5.56 Å². The zero-order chi connectivity index (χ0) is 16.7. The number of hydrogen-bond acceptors (Lipinski definition) is 4. The van der Waals surface area contributed by atoms with Crippen LogP contribution in [0.15, 0.2) is 24.3 Å². The predicted molar refractivity (Wildman–Crippen MR) is 79.4 cm³/mol. The molecule has 0 aliphatic carbocycles. The van der Waals surface area contributed by atoms with Crippen LogP contribution in [-0.4, -0.2) is 41.3 Å². The van der Waals surface area contributed by atoms with Gasteiger partial charge in [-0.05, 0) is 5.56 Å². The Morgan fingerprint density at radius 3 is 2.32 bits per heavy atom. The number of rotatable bonds is 7. The largest absolute Gasteiger partial charge is 0.480 e. The van der Waals surface area contributed by atoms with Crippen LogP contribution in [0.2, 0.25) is 0 Å². The van der Waals surface area contributed by atoms with Crippen LogP contribution in [0.4, 0.5) is 0 Å². The molecule has 0 heterocycles. The number of hydrogen-bond donors (Lipinski definition) is 5. The Morgan fingerprint density at radius 1 is 1.27 bits per heavy atom. The molecule has 8 nitrogen and oxygen atoms in total. The van der Waals surface area contributed by atoms with Gasteiger partial charge in [0.15, 0.2) is 0 Å². The molecule has 0 aliphatic rings. The lowest BCUT2D eigenvalue weighted by Gasteiger charge is -2.17. The first-order valence-corrected chi connectivity index (χ1v) is 6.49. The molecule has 1 unspecified atom stereocenters. The molecule has 0 spiro atoms. The third-order valence-corrected chi connectivity index (χ3v) is 2.81. The molecule has 22 heavy (non-hydrogen) atoms. The van der Waals surface area contributed by atoms with Gasteiger partial charge in [-0.15, -0.1) is 0 Å². The summed E-state index contributed by atoms with van der Waals surface area (Å²) in [6, 6.07) is 5.78. The number of benzene rings is 1. The molecule has 0 saturated heterocycles. The molecule has 1 aromatic rings. The number of aliphatic carboxylic acids is 1. The summed E-state index contributed by atoms with van der Waals surface area (Å²) in [7, 11) is 0. The van der Waals surface area contributed by atoms with Crippen LogP contribution in [0.25, 0.3) is 0 Å². The highest BCUT2D eigenvalue weighted by molar-refractivity contribution is 5.95. The maximum atomic E-state index is 11.9. The number of carbonyl (C=O) groups excluding carboxylic acids is 2. The Hall–Kier alpha value is -2.90. The normalized spacial score (nSPS) is 11.3. The maximum absolute atomic E-state index is 11.9. The van der Waals surface area contributed by atoms with Crippen LogP contribution in [-0.2, 0) is 20.8 Å². The summed E-state index contributed by atoms with van der Waals surface area (Å²) in [6.45, 7) is 0.758. The highest BCUT2D eigenvalue weighted by atomic mass is 16.4. The Morgan fingerprint density at radius 2 is 1.86 bits per heavy atom. The van der Waals surface area contributed by atoms with Gasteiger partial charge in [0.25, 0.3) is 0 Å². The van der Waals surface area contributed by atoms with Crippen molar-refractivity contribution in [1.82, 2.24) is 10.6 Å². The van der Waals surface area contributed by atoms with Crippen molar-refractivity contribution in [2.75, 3.05) is 6.54 Å². The number of carboxylic acids is 1. The minimum atomic E-state index is -1.17.